The Bertz CT molecular complexity index is 356. The van der Waals surface area contributed by atoms with Crippen LogP contribution in [-0.4, -0.2) is 10.2 Å². The summed E-state index contributed by atoms with van der Waals surface area (Å²) >= 11 is 0. The normalized spacial score (nSPS) is 18.0. The first-order valence-corrected chi connectivity index (χ1v) is 5.95. The largest absolute Gasteiger partial charge is 0.508 e. The maximum absolute atomic E-state index is 9.34. The molecular weight excluding hydrogens is 200 g/mol. The predicted octanol–water partition coefficient (Wildman–Crippen LogP) is 3.69. The number of hydrogen-bond donors (Lipinski definition) is 2. The summed E-state index contributed by atoms with van der Waals surface area (Å²) in [6, 6.07) is 4.68. The van der Waals surface area contributed by atoms with E-state index in [0.717, 1.165) is 5.56 Å². The van der Waals surface area contributed by atoms with Crippen LogP contribution in [0.5, 0.6) is 11.5 Å². The van der Waals surface area contributed by atoms with Crippen molar-refractivity contribution in [2.24, 2.45) is 5.92 Å². The highest BCUT2D eigenvalue weighted by Crippen LogP contribution is 2.26. The van der Waals surface area contributed by atoms with Gasteiger partial charge in [-0.3, -0.25) is 0 Å². The minimum atomic E-state index is 0.114. The Balaban J connectivity index is 2.04. The number of benzene rings is 1. The van der Waals surface area contributed by atoms with E-state index in [1.807, 2.05) is 6.08 Å². The van der Waals surface area contributed by atoms with Gasteiger partial charge < -0.3 is 10.2 Å². The van der Waals surface area contributed by atoms with Gasteiger partial charge in [-0.05, 0) is 36.5 Å². The van der Waals surface area contributed by atoms with Crippen molar-refractivity contribution >= 4 is 6.08 Å². The Morgan fingerprint density at radius 1 is 0.938 bits per heavy atom. The van der Waals surface area contributed by atoms with Crippen LogP contribution in [0.15, 0.2) is 24.3 Å². The quantitative estimate of drug-likeness (QED) is 0.794. The maximum Gasteiger partial charge on any atom is 0.119 e. The molecule has 0 bridgehead atoms. The van der Waals surface area contributed by atoms with E-state index in [1.165, 1.54) is 38.2 Å². The second kappa shape index (κ2) is 5.06. The van der Waals surface area contributed by atoms with Gasteiger partial charge in [0.2, 0.25) is 0 Å². The Morgan fingerprint density at radius 2 is 1.56 bits per heavy atom. The van der Waals surface area contributed by atoms with Crippen molar-refractivity contribution in [2.45, 2.75) is 32.1 Å². The molecule has 2 N–H and O–H groups in total. The summed E-state index contributed by atoms with van der Waals surface area (Å²) in [5.41, 5.74) is 0.864. The third-order valence-electron chi connectivity index (χ3n) is 3.14. The standard InChI is InChI=1S/C14H18O2/c15-13-8-12(9-14(16)10-13)7-6-11-4-2-1-3-5-11/h6-11,15-16H,1-5H2/b7-6+. The van der Waals surface area contributed by atoms with Crippen molar-refractivity contribution in [3.05, 3.63) is 29.8 Å². The fraction of sp³-hybridized carbons (Fsp3) is 0.429. The van der Waals surface area contributed by atoms with Crippen LogP contribution in [-0.2, 0) is 0 Å². The van der Waals surface area contributed by atoms with Crippen LogP contribution in [0.3, 0.4) is 0 Å². The molecule has 1 aromatic carbocycles. The summed E-state index contributed by atoms with van der Waals surface area (Å²) in [7, 11) is 0. The van der Waals surface area contributed by atoms with E-state index in [0.29, 0.717) is 5.92 Å². The van der Waals surface area contributed by atoms with Crippen molar-refractivity contribution in [3.63, 3.8) is 0 Å². The maximum atomic E-state index is 9.34. The number of rotatable bonds is 2. The van der Waals surface area contributed by atoms with Crippen LogP contribution in [0.1, 0.15) is 37.7 Å². The zero-order chi connectivity index (χ0) is 11.4. The predicted molar refractivity (Wildman–Crippen MR) is 65.4 cm³/mol. The average molecular weight is 218 g/mol. The lowest BCUT2D eigenvalue weighted by Crippen LogP contribution is -2.02. The molecule has 1 fully saturated rings. The topological polar surface area (TPSA) is 40.5 Å². The molecule has 0 aromatic heterocycles. The van der Waals surface area contributed by atoms with Crippen LogP contribution in [0.25, 0.3) is 6.08 Å². The van der Waals surface area contributed by atoms with Crippen LogP contribution in [0, 0.1) is 5.92 Å². The van der Waals surface area contributed by atoms with E-state index in [4.69, 9.17) is 0 Å². The minimum absolute atomic E-state index is 0.114. The number of phenols is 2. The zero-order valence-corrected chi connectivity index (χ0v) is 9.39. The molecule has 1 aliphatic carbocycles. The molecule has 0 atom stereocenters. The van der Waals surface area contributed by atoms with Crippen molar-refractivity contribution < 1.29 is 10.2 Å². The van der Waals surface area contributed by atoms with Crippen LogP contribution >= 0.6 is 0 Å². The minimum Gasteiger partial charge on any atom is -0.508 e. The Kier molecular flexibility index (Phi) is 3.50. The third kappa shape index (κ3) is 3.02. The molecule has 2 rings (SSSR count). The Hall–Kier alpha value is -1.44. The van der Waals surface area contributed by atoms with Crippen LogP contribution in [0.2, 0.25) is 0 Å². The molecule has 2 heteroatoms. The molecule has 1 aromatic rings. The van der Waals surface area contributed by atoms with Crippen molar-refractivity contribution in [3.8, 4) is 11.5 Å². The first-order chi connectivity index (χ1) is 7.74. The van der Waals surface area contributed by atoms with Gasteiger partial charge in [0, 0.05) is 6.07 Å². The summed E-state index contributed by atoms with van der Waals surface area (Å²) in [5.74, 6) is 0.893. The highest BCUT2D eigenvalue weighted by atomic mass is 16.3. The Morgan fingerprint density at radius 3 is 2.19 bits per heavy atom. The van der Waals surface area contributed by atoms with Crippen molar-refractivity contribution in [2.75, 3.05) is 0 Å². The van der Waals surface area contributed by atoms with Gasteiger partial charge in [-0.15, -0.1) is 0 Å². The van der Waals surface area contributed by atoms with Gasteiger partial charge in [0.25, 0.3) is 0 Å². The zero-order valence-electron chi connectivity index (χ0n) is 9.39. The molecule has 86 valence electrons. The van der Waals surface area contributed by atoms with E-state index >= 15 is 0 Å². The lowest BCUT2D eigenvalue weighted by atomic mass is 9.89. The van der Waals surface area contributed by atoms with Gasteiger partial charge in [-0.2, -0.15) is 0 Å². The number of hydrogen-bond acceptors (Lipinski definition) is 2. The molecule has 0 amide bonds. The molecule has 0 saturated heterocycles. The molecule has 0 unspecified atom stereocenters. The number of phenolic OH excluding ortho intramolecular Hbond substituents is 2. The molecule has 0 spiro atoms. The monoisotopic (exact) mass is 218 g/mol. The fourth-order valence-electron chi connectivity index (χ4n) is 2.29. The third-order valence-corrected chi connectivity index (χ3v) is 3.14. The first kappa shape index (κ1) is 11.1. The van der Waals surface area contributed by atoms with Gasteiger partial charge in [0.1, 0.15) is 11.5 Å². The smallest absolute Gasteiger partial charge is 0.119 e. The average Bonchev–Trinajstić information content (AvgIpc) is 2.27. The van der Waals surface area contributed by atoms with Gasteiger partial charge in [0.05, 0.1) is 0 Å². The molecular formula is C14H18O2. The highest BCUT2D eigenvalue weighted by molar-refractivity contribution is 5.54. The summed E-state index contributed by atoms with van der Waals surface area (Å²) < 4.78 is 0. The Labute approximate surface area is 96.2 Å². The van der Waals surface area contributed by atoms with Crippen LogP contribution < -0.4 is 0 Å². The van der Waals surface area contributed by atoms with Crippen molar-refractivity contribution in [1.29, 1.82) is 0 Å². The van der Waals surface area contributed by atoms with Crippen LogP contribution in [0.4, 0.5) is 0 Å². The number of aromatic hydroxyl groups is 2. The highest BCUT2D eigenvalue weighted by Gasteiger charge is 2.09. The molecule has 0 aliphatic heterocycles. The van der Waals surface area contributed by atoms with E-state index < -0.39 is 0 Å². The molecule has 2 nitrogen and oxygen atoms in total. The summed E-state index contributed by atoms with van der Waals surface area (Å²) in [4.78, 5) is 0. The SMILES string of the molecule is Oc1cc(O)cc(/C=C/C2CCCCC2)c1. The summed E-state index contributed by atoms with van der Waals surface area (Å²) in [6.07, 6.45) is 10.7. The fourth-order valence-corrected chi connectivity index (χ4v) is 2.29. The van der Waals surface area contributed by atoms with E-state index in [1.54, 1.807) is 12.1 Å². The summed E-state index contributed by atoms with van der Waals surface area (Å²) in [5, 5.41) is 18.7. The van der Waals surface area contributed by atoms with Gasteiger partial charge in [-0.1, -0.05) is 31.4 Å². The molecule has 16 heavy (non-hydrogen) atoms. The van der Waals surface area contributed by atoms with E-state index in [-0.39, 0.29) is 11.5 Å². The summed E-state index contributed by atoms with van der Waals surface area (Å²) in [6.45, 7) is 0. The molecule has 0 radical (unpaired) electrons. The lowest BCUT2D eigenvalue weighted by Gasteiger charge is -2.17. The van der Waals surface area contributed by atoms with Gasteiger partial charge in [0.15, 0.2) is 0 Å². The van der Waals surface area contributed by atoms with Gasteiger partial charge in [-0.25, -0.2) is 0 Å². The van der Waals surface area contributed by atoms with E-state index in [9.17, 15) is 10.2 Å². The molecule has 0 heterocycles. The second-order valence-corrected chi connectivity index (χ2v) is 4.54. The number of allylic oxidation sites excluding steroid dienone is 1. The van der Waals surface area contributed by atoms with Crippen molar-refractivity contribution in [1.82, 2.24) is 0 Å². The molecule has 1 aliphatic rings. The lowest BCUT2D eigenvalue weighted by molar-refractivity contribution is 0.420. The van der Waals surface area contributed by atoms with Gasteiger partial charge >= 0.3 is 0 Å². The first-order valence-electron chi connectivity index (χ1n) is 5.95. The van der Waals surface area contributed by atoms with E-state index in [2.05, 4.69) is 6.08 Å². The molecule has 1 saturated carbocycles. The second-order valence-electron chi connectivity index (χ2n) is 4.54.